The number of halogens is 3. The SMILES string of the molecule is CCCN(CCC)S(=O)(=O)c1ccc(NC(=O)Nc2ccc3[nH]c(=O)cc(C(F)(F)F)c3c2)cc1. The average molecular weight is 511 g/mol. The van der Waals surface area contributed by atoms with Crippen molar-refractivity contribution in [2.45, 2.75) is 37.8 Å². The van der Waals surface area contributed by atoms with E-state index in [1.54, 1.807) is 0 Å². The largest absolute Gasteiger partial charge is 0.417 e. The van der Waals surface area contributed by atoms with Crippen LogP contribution in [0.3, 0.4) is 0 Å². The third-order valence-electron chi connectivity index (χ3n) is 5.10. The van der Waals surface area contributed by atoms with Gasteiger partial charge in [0.25, 0.3) is 0 Å². The molecule has 0 atom stereocenters. The summed E-state index contributed by atoms with van der Waals surface area (Å²) in [6, 6.07) is 9.06. The number of sulfonamides is 1. The van der Waals surface area contributed by atoms with Crippen LogP contribution in [-0.2, 0) is 16.2 Å². The minimum absolute atomic E-state index is 0.0206. The number of alkyl halides is 3. The number of carbonyl (C=O) groups excluding carboxylic acids is 1. The molecule has 35 heavy (non-hydrogen) atoms. The molecule has 0 spiro atoms. The van der Waals surface area contributed by atoms with Crippen molar-refractivity contribution in [3.8, 4) is 0 Å². The Bertz CT molecular complexity index is 1360. The van der Waals surface area contributed by atoms with Gasteiger partial charge in [0, 0.05) is 41.4 Å². The van der Waals surface area contributed by atoms with Gasteiger partial charge in [-0.25, -0.2) is 13.2 Å². The molecule has 0 unspecified atom stereocenters. The minimum atomic E-state index is -4.75. The minimum Gasteiger partial charge on any atom is -0.322 e. The number of hydrogen-bond donors (Lipinski definition) is 3. The highest BCUT2D eigenvalue weighted by atomic mass is 32.2. The van der Waals surface area contributed by atoms with Crippen molar-refractivity contribution in [1.29, 1.82) is 0 Å². The molecule has 0 aliphatic rings. The van der Waals surface area contributed by atoms with Crippen molar-refractivity contribution in [2.75, 3.05) is 23.7 Å². The van der Waals surface area contributed by atoms with E-state index in [0.29, 0.717) is 37.7 Å². The molecular weight excluding hydrogens is 485 g/mol. The number of aromatic amines is 1. The maximum atomic E-state index is 13.3. The predicted molar refractivity (Wildman–Crippen MR) is 128 cm³/mol. The first-order valence-corrected chi connectivity index (χ1v) is 12.3. The third kappa shape index (κ3) is 6.20. The summed E-state index contributed by atoms with van der Waals surface area (Å²) >= 11 is 0. The van der Waals surface area contributed by atoms with Gasteiger partial charge >= 0.3 is 12.2 Å². The number of pyridine rings is 1. The molecule has 2 amide bonds. The van der Waals surface area contributed by atoms with Crippen LogP contribution in [0, 0.1) is 0 Å². The van der Waals surface area contributed by atoms with Crippen LogP contribution in [0.4, 0.5) is 29.3 Å². The van der Waals surface area contributed by atoms with Crippen LogP contribution in [0.1, 0.15) is 32.3 Å². The monoisotopic (exact) mass is 510 g/mol. The van der Waals surface area contributed by atoms with Gasteiger partial charge < -0.3 is 15.6 Å². The first-order valence-electron chi connectivity index (χ1n) is 10.9. The van der Waals surface area contributed by atoms with Crippen LogP contribution < -0.4 is 16.2 Å². The second-order valence-corrected chi connectivity index (χ2v) is 9.75. The number of H-pyrrole nitrogens is 1. The second-order valence-electron chi connectivity index (χ2n) is 7.81. The number of hydrogen-bond acceptors (Lipinski definition) is 4. The van der Waals surface area contributed by atoms with Crippen LogP contribution in [-0.4, -0.2) is 36.8 Å². The lowest BCUT2D eigenvalue weighted by atomic mass is 10.1. The molecule has 3 rings (SSSR count). The van der Waals surface area contributed by atoms with Crippen LogP contribution in [0.2, 0.25) is 0 Å². The number of rotatable bonds is 8. The highest BCUT2D eigenvalue weighted by molar-refractivity contribution is 7.89. The van der Waals surface area contributed by atoms with E-state index in [-0.39, 0.29) is 21.5 Å². The molecule has 1 heterocycles. The molecule has 2 aromatic carbocycles. The molecule has 0 aliphatic carbocycles. The molecule has 3 N–H and O–H groups in total. The molecule has 0 radical (unpaired) electrons. The van der Waals surface area contributed by atoms with Crippen molar-refractivity contribution >= 4 is 38.3 Å². The van der Waals surface area contributed by atoms with E-state index in [2.05, 4.69) is 15.6 Å². The number of amides is 2. The zero-order valence-corrected chi connectivity index (χ0v) is 19.9. The summed E-state index contributed by atoms with van der Waals surface area (Å²) in [6.07, 6.45) is -3.40. The summed E-state index contributed by atoms with van der Waals surface area (Å²) in [5.74, 6) is 0. The van der Waals surface area contributed by atoms with Gasteiger partial charge in [-0.1, -0.05) is 13.8 Å². The maximum absolute atomic E-state index is 13.3. The molecule has 0 saturated carbocycles. The number of benzene rings is 2. The Kier molecular flexibility index (Phi) is 7.86. The summed E-state index contributed by atoms with van der Waals surface area (Å²) in [6.45, 7) is 4.58. The van der Waals surface area contributed by atoms with E-state index in [9.17, 15) is 31.2 Å². The summed E-state index contributed by atoms with van der Waals surface area (Å²) in [5, 5.41) is 4.68. The Morgan fingerprint density at radius 3 is 2.09 bits per heavy atom. The van der Waals surface area contributed by atoms with E-state index >= 15 is 0 Å². The number of aromatic nitrogens is 1. The normalized spacial score (nSPS) is 12.2. The number of nitrogens with zero attached hydrogens (tertiary/aromatic N) is 1. The summed E-state index contributed by atoms with van der Waals surface area (Å²) < 4.78 is 67.1. The van der Waals surface area contributed by atoms with E-state index in [1.807, 2.05) is 13.8 Å². The molecule has 0 bridgehead atoms. The van der Waals surface area contributed by atoms with Crippen molar-refractivity contribution in [1.82, 2.24) is 9.29 Å². The Balaban J connectivity index is 1.76. The van der Waals surface area contributed by atoms with Crippen molar-refractivity contribution in [3.63, 3.8) is 0 Å². The lowest BCUT2D eigenvalue weighted by molar-refractivity contribution is -0.136. The Labute approximate surface area is 200 Å². The lowest BCUT2D eigenvalue weighted by Crippen LogP contribution is -2.32. The number of urea groups is 1. The highest BCUT2D eigenvalue weighted by Crippen LogP contribution is 2.34. The Hall–Kier alpha value is -3.38. The van der Waals surface area contributed by atoms with E-state index in [0.717, 1.165) is 6.07 Å². The van der Waals surface area contributed by atoms with Gasteiger partial charge in [0.15, 0.2) is 0 Å². The maximum Gasteiger partial charge on any atom is 0.417 e. The predicted octanol–water partition coefficient (Wildman–Crippen LogP) is 5.00. The second kappa shape index (κ2) is 10.5. The molecule has 3 aromatic rings. The van der Waals surface area contributed by atoms with Gasteiger partial charge in [0.2, 0.25) is 15.6 Å². The van der Waals surface area contributed by atoms with Crippen LogP contribution in [0.25, 0.3) is 10.9 Å². The van der Waals surface area contributed by atoms with Gasteiger partial charge in [-0.2, -0.15) is 17.5 Å². The van der Waals surface area contributed by atoms with Crippen LogP contribution in [0.15, 0.2) is 58.2 Å². The van der Waals surface area contributed by atoms with Crippen LogP contribution >= 0.6 is 0 Å². The molecule has 0 saturated heterocycles. The standard InChI is InChI=1S/C23H25F3N4O4S/c1-3-11-30(12-4-2)35(33,34)17-8-5-15(6-9-17)27-22(32)28-16-7-10-20-18(13-16)19(23(24,25)26)14-21(31)29-20/h5-10,13-14H,3-4,11-12H2,1-2H3,(H,29,31)(H2,27,28,32). The fraction of sp³-hybridized carbons (Fsp3) is 0.304. The number of anilines is 2. The highest BCUT2D eigenvalue weighted by Gasteiger charge is 2.33. The van der Waals surface area contributed by atoms with Crippen molar-refractivity contribution in [2.24, 2.45) is 0 Å². The van der Waals surface area contributed by atoms with Gasteiger partial charge in [0.05, 0.1) is 10.5 Å². The number of carbonyl (C=O) groups is 1. The molecule has 0 aliphatic heterocycles. The molecule has 188 valence electrons. The first kappa shape index (κ1) is 26.2. The van der Waals surface area contributed by atoms with Gasteiger partial charge in [0.1, 0.15) is 0 Å². The van der Waals surface area contributed by atoms with E-state index in [4.69, 9.17) is 0 Å². The quantitative estimate of drug-likeness (QED) is 0.396. The first-order chi connectivity index (χ1) is 16.5. The van der Waals surface area contributed by atoms with Gasteiger partial charge in [-0.3, -0.25) is 4.79 Å². The molecule has 0 fully saturated rings. The van der Waals surface area contributed by atoms with Gasteiger partial charge in [-0.05, 0) is 55.3 Å². The smallest absolute Gasteiger partial charge is 0.322 e. The van der Waals surface area contributed by atoms with E-state index < -0.39 is 33.4 Å². The fourth-order valence-corrected chi connectivity index (χ4v) is 5.19. The zero-order valence-electron chi connectivity index (χ0n) is 19.1. The average Bonchev–Trinajstić information content (AvgIpc) is 2.78. The van der Waals surface area contributed by atoms with Crippen LogP contribution in [0.5, 0.6) is 0 Å². The Morgan fingerprint density at radius 1 is 0.943 bits per heavy atom. The Morgan fingerprint density at radius 2 is 1.51 bits per heavy atom. The fourth-order valence-electron chi connectivity index (χ4n) is 3.57. The molecule has 12 heteroatoms. The number of fused-ring (bicyclic) bond motifs is 1. The summed E-state index contributed by atoms with van der Waals surface area (Å²) in [7, 11) is -3.67. The summed E-state index contributed by atoms with van der Waals surface area (Å²) in [4.78, 5) is 26.3. The lowest BCUT2D eigenvalue weighted by Gasteiger charge is -2.21. The summed E-state index contributed by atoms with van der Waals surface area (Å²) in [5.41, 5.74) is -1.66. The topological polar surface area (TPSA) is 111 Å². The van der Waals surface area contributed by atoms with E-state index in [1.165, 1.54) is 40.7 Å². The molecular formula is C23H25F3N4O4S. The molecule has 8 nitrogen and oxygen atoms in total. The van der Waals surface area contributed by atoms with Gasteiger partial charge in [-0.15, -0.1) is 0 Å². The zero-order chi connectivity index (χ0) is 25.8. The molecule has 1 aromatic heterocycles. The number of nitrogens with one attached hydrogen (secondary N) is 3. The third-order valence-corrected chi connectivity index (χ3v) is 7.02. The van der Waals surface area contributed by atoms with Crippen molar-refractivity contribution < 1.29 is 26.4 Å². The van der Waals surface area contributed by atoms with Crippen molar-refractivity contribution in [3.05, 3.63) is 64.4 Å².